The van der Waals surface area contributed by atoms with E-state index in [2.05, 4.69) is 18.0 Å². The smallest absolute Gasteiger partial charge is 0.140 e. The van der Waals surface area contributed by atoms with Gasteiger partial charge in [-0.1, -0.05) is 13.3 Å². The number of nitriles is 1. The van der Waals surface area contributed by atoms with Gasteiger partial charge < -0.3 is 4.74 Å². The average molecular weight is 276 g/mol. The van der Waals surface area contributed by atoms with Crippen LogP contribution < -0.4 is 4.74 Å². The van der Waals surface area contributed by atoms with Crippen LogP contribution in [0.1, 0.15) is 28.9 Å². The van der Waals surface area contributed by atoms with E-state index in [-0.39, 0.29) is 5.82 Å². The van der Waals surface area contributed by atoms with Gasteiger partial charge in [-0.05, 0) is 30.7 Å². The molecule has 0 atom stereocenters. The second-order valence-electron chi connectivity index (χ2n) is 3.99. The predicted octanol–water partition coefficient (Wildman–Crippen LogP) is 3.69. The molecule has 1 aromatic carbocycles. The molecule has 1 heterocycles. The number of rotatable bonds is 5. The molecule has 0 N–H and O–H groups in total. The standard InChI is InChI=1S/C14H13FN2OS/c1-2-3-12-13(8-16)19-14(17-12)9-18-11-6-4-10(15)5-7-11/h4-7H,2-3,9H2,1H3. The minimum absolute atomic E-state index is 0.293. The zero-order chi connectivity index (χ0) is 13.7. The lowest BCUT2D eigenvalue weighted by Crippen LogP contribution is -1.95. The van der Waals surface area contributed by atoms with Crippen molar-refractivity contribution in [1.82, 2.24) is 4.98 Å². The number of hydrogen-bond donors (Lipinski definition) is 0. The first-order valence-corrected chi connectivity index (χ1v) is 6.81. The second-order valence-corrected chi connectivity index (χ2v) is 5.07. The van der Waals surface area contributed by atoms with E-state index in [9.17, 15) is 4.39 Å². The number of aromatic nitrogens is 1. The highest BCUT2D eigenvalue weighted by Gasteiger charge is 2.10. The lowest BCUT2D eigenvalue weighted by molar-refractivity contribution is 0.305. The quantitative estimate of drug-likeness (QED) is 0.836. The Balaban J connectivity index is 2.03. The molecule has 0 amide bonds. The highest BCUT2D eigenvalue weighted by Crippen LogP contribution is 2.21. The van der Waals surface area contributed by atoms with E-state index in [0.29, 0.717) is 17.2 Å². The molecule has 0 unspecified atom stereocenters. The Kier molecular flexibility index (Phi) is 4.48. The Labute approximate surface area is 115 Å². The molecular weight excluding hydrogens is 263 g/mol. The normalized spacial score (nSPS) is 10.2. The van der Waals surface area contributed by atoms with Gasteiger partial charge in [0, 0.05) is 0 Å². The fourth-order valence-electron chi connectivity index (χ4n) is 1.63. The first-order chi connectivity index (χ1) is 9.22. The molecule has 0 spiro atoms. The maximum Gasteiger partial charge on any atom is 0.140 e. The SMILES string of the molecule is CCCc1nc(COc2ccc(F)cc2)sc1C#N. The van der Waals surface area contributed by atoms with Crippen molar-refractivity contribution in [2.75, 3.05) is 0 Å². The molecule has 0 saturated carbocycles. The Hall–Kier alpha value is -1.93. The van der Waals surface area contributed by atoms with Crippen LogP contribution in [-0.2, 0) is 13.0 Å². The molecule has 0 aliphatic rings. The average Bonchev–Trinajstić information content (AvgIpc) is 2.81. The Morgan fingerprint density at radius 1 is 1.37 bits per heavy atom. The van der Waals surface area contributed by atoms with Crippen molar-refractivity contribution in [3.8, 4) is 11.8 Å². The lowest BCUT2D eigenvalue weighted by Gasteiger charge is -2.02. The zero-order valence-corrected chi connectivity index (χ0v) is 11.3. The molecule has 0 aliphatic carbocycles. The first kappa shape index (κ1) is 13.5. The van der Waals surface area contributed by atoms with E-state index in [1.165, 1.54) is 23.5 Å². The highest BCUT2D eigenvalue weighted by atomic mass is 32.1. The van der Waals surface area contributed by atoms with Crippen molar-refractivity contribution in [3.63, 3.8) is 0 Å². The number of aryl methyl sites for hydroxylation is 1. The van der Waals surface area contributed by atoms with Crippen molar-refractivity contribution in [3.05, 3.63) is 45.7 Å². The fraction of sp³-hybridized carbons (Fsp3) is 0.286. The highest BCUT2D eigenvalue weighted by molar-refractivity contribution is 7.12. The number of nitrogens with zero attached hydrogens (tertiary/aromatic N) is 2. The molecule has 1 aromatic heterocycles. The summed E-state index contributed by atoms with van der Waals surface area (Å²) in [5.74, 6) is 0.297. The Morgan fingerprint density at radius 2 is 2.11 bits per heavy atom. The maximum atomic E-state index is 12.7. The van der Waals surface area contributed by atoms with Crippen molar-refractivity contribution in [2.45, 2.75) is 26.4 Å². The van der Waals surface area contributed by atoms with Crippen LogP contribution in [0.4, 0.5) is 4.39 Å². The van der Waals surface area contributed by atoms with E-state index in [0.717, 1.165) is 23.5 Å². The number of thiazole rings is 1. The molecule has 2 rings (SSSR count). The predicted molar refractivity (Wildman–Crippen MR) is 71.6 cm³/mol. The number of ether oxygens (including phenoxy) is 1. The molecule has 2 aromatic rings. The fourth-order valence-corrected chi connectivity index (χ4v) is 2.45. The van der Waals surface area contributed by atoms with Gasteiger partial charge >= 0.3 is 0 Å². The topological polar surface area (TPSA) is 45.9 Å². The van der Waals surface area contributed by atoms with Gasteiger partial charge in [-0.25, -0.2) is 9.37 Å². The summed E-state index contributed by atoms with van der Waals surface area (Å²) >= 11 is 1.35. The molecule has 0 saturated heterocycles. The van der Waals surface area contributed by atoms with Crippen LogP contribution in [0.15, 0.2) is 24.3 Å². The van der Waals surface area contributed by atoms with Crippen LogP contribution in [0.2, 0.25) is 0 Å². The van der Waals surface area contributed by atoms with Crippen LogP contribution >= 0.6 is 11.3 Å². The van der Waals surface area contributed by atoms with Crippen LogP contribution in [0, 0.1) is 17.1 Å². The maximum absolute atomic E-state index is 12.7. The van der Waals surface area contributed by atoms with Crippen molar-refractivity contribution >= 4 is 11.3 Å². The summed E-state index contributed by atoms with van der Waals surface area (Å²) in [6, 6.07) is 7.99. The van der Waals surface area contributed by atoms with E-state index in [1.54, 1.807) is 12.1 Å². The van der Waals surface area contributed by atoms with E-state index in [1.807, 2.05) is 0 Å². The summed E-state index contributed by atoms with van der Waals surface area (Å²) in [6.45, 7) is 2.35. The van der Waals surface area contributed by atoms with E-state index >= 15 is 0 Å². The van der Waals surface area contributed by atoms with Crippen LogP contribution in [0.5, 0.6) is 5.75 Å². The van der Waals surface area contributed by atoms with Gasteiger partial charge in [0.25, 0.3) is 0 Å². The molecule has 5 heteroatoms. The van der Waals surface area contributed by atoms with Crippen LogP contribution in [0.25, 0.3) is 0 Å². The van der Waals surface area contributed by atoms with E-state index in [4.69, 9.17) is 10.00 Å². The summed E-state index contributed by atoms with van der Waals surface area (Å²) in [4.78, 5) is 5.05. The number of halogens is 1. The Morgan fingerprint density at radius 3 is 2.74 bits per heavy atom. The van der Waals surface area contributed by atoms with Gasteiger partial charge in [0.05, 0.1) is 5.69 Å². The molecule has 3 nitrogen and oxygen atoms in total. The molecule has 0 fully saturated rings. The third-order valence-electron chi connectivity index (χ3n) is 2.51. The van der Waals surface area contributed by atoms with Crippen LogP contribution in [-0.4, -0.2) is 4.98 Å². The molecular formula is C14H13FN2OS. The summed E-state index contributed by atoms with van der Waals surface area (Å²) in [5.41, 5.74) is 0.840. The minimum Gasteiger partial charge on any atom is -0.486 e. The summed E-state index contributed by atoms with van der Waals surface area (Å²) in [5, 5.41) is 9.78. The third-order valence-corrected chi connectivity index (χ3v) is 3.48. The number of benzene rings is 1. The van der Waals surface area contributed by atoms with Crippen molar-refractivity contribution in [1.29, 1.82) is 5.26 Å². The van der Waals surface area contributed by atoms with Gasteiger partial charge in [-0.3, -0.25) is 0 Å². The first-order valence-electron chi connectivity index (χ1n) is 6.00. The van der Waals surface area contributed by atoms with Crippen molar-refractivity contribution < 1.29 is 9.13 Å². The summed E-state index contributed by atoms with van der Waals surface area (Å²) in [7, 11) is 0. The summed E-state index contributed by atoms with van der Waals surface area (Å²) < 4.78 is 18.2. The Bertz CT molecular complexity index is 586. The molecule has 0 radical (unpaired) electrons. The summed E-state index contributed by atoms with van der Waals surface area (Å²) in [6.07, 6.45) is 1.76. The van der Waals surface area contributed by atoms with Gasteiger partial charge in [-0.2, -0.15) is 5.26 Å². The largest absolute Gasteiger partial charge is 0.486 e. The third kappa shape index (κ3) is 3.52. The van der Waals surface area contributed by atoms with Gasteiger partial charge in [-0.15, -0.1) is 11.3 Å². The monoisotopic (exact) mass is 276 g/mol. The van der Waals surface area contributed by atoms with Gasteiger partial charge in [0.2, 0.25) is 0 Å². The molecule has 0 bridgehead atoms. The van der Waals surface area contributed by atoms with Crippen LogP contribution in [0.3, 0.4) is 0 Å². The molecule has 98 valence electrons. The van der Waals surface area contributed by atoms with Crippen molar-refractivity contribution in [2.24, 2.45) is 0 Å². The van der Waals surface area contributed by atoms with E-state index < -0.39 is 0 Å². The second kappa shape index (κ2) is 6.30. The minimum atomic E-state index is -0.293. The lowest BCUT2D eigenvalue weighted by atomic mass is 10.2. The molecule has 0 aliphatic heterocycles. The van der Waals surface area contributed by atoms with Gasteiger partial charge in [0.15, 0.2) is 0 Å². The van der Waals surface area contributed by atoms with Gasteiger partial charge in [0.1, 0.15) is 34.1 Å². The zero-order valence-electron chi connectivity index (χ0n) is 10.5. The number of hydrogen-bond acceptors (Lipinski definition) is 4. The molecule has 19 heavy (non-hydrogen) atoms.